The number of nitrogens with one attached hydrogen (secondary N) is 1. The topological polar surface area (TPSA) is 55.1 Å². The Morgan fingerprint density at radius 1 is 1.50 bits per heavy atom. The van der Waals surface area contributed by atoms with E-state index in [4.69, 9.17) is 5.73 Å². The van der Waals surface area contributed by atoms with Gasteiger partial charge in [-0.05, 0) is 37.5 Å². The molecular weight excluding hydrogens is 220 g/mol. The minimum Gasteiger partial charge on any atom is -0.368 e. The van der Waals surface area contributed by atoms with Crippen molar-refractivity contribution in [3.8, 4) is 0 Å². The maximum absolute atomic E-state index is 11.2. The first-order valence-corrected chi connectivity index (χ1v) is 7.50. The molecule has 0 heterocycles. The number of hydrogen-bond donors (Lipinski definition) is 2. The SMILES string of the molecule is CCCNC(CSCC1CCCC1)C(N)=O. The van der Waals surface area contributed by atoms with Crippen LogP contribution >= 0.6 is 11.8 Å². The van der Waals surface area contributed by atoms with Gasteiger partial charge in [-0.2, -0.15) is 11.8 Å². The van der Waals surface area contributed by atoms with Gasteiger partial charge in [0, 0.05) is 5.75 Å². The van der Waals surface area contributed by atoms with Gasteiger partial charge in [-0.1, -0.05) is 19.8 Å². The molecule has 1 unspecified atom stereocenters. The van der Waals surface area contributed by atoms with Gasteiger partial charge in [0.05, 0.1) is 6.04 Å². The van der Waals surface area contributed by atoms with Crippen LogP contribution in [0.1, 0.15) is 39.0 Å². The Morgan fingerprint density at radius 2 is 2.19 bits per heavy atom. The number of rotatable bonds is 8. The molecule has 1 saturated carbocycles. The maximum atomic E-state index is 11.2. The van der Waals surface area contributed by atoms with E-state index in [-0.39, 0.29) is 11.9 Å². The monoisotopic (exact) mass is 244 g/mol. The van der Waals surface area contributed by atoms with Gasteiger partial charge >= 0.3 is 0 Å². The van der Waals surface area contributed by atoms with E-state index in [9.17, 15) is 4.79 Å². The molecule has 0 bridgehead atoms. The minimum atomic E-state index is -0.215. The first-order valence-electron chi connectivity index (χ1n) is 6.34. The van der Waals surface area contributed by atoms with Crippen LogP contribution in [0.4, 0.5) is 0 Å². The van der Waals surface area contributed by atoms with Crippen molar-refractivity contribution in [2.45, 2.75) is 45.1 Å². The fourth-order valence-electron chi connectivity index (χ4n) is 2.09. The molecule has 3 N–H and O–H groups in total. The summed E-state index contributed by atoms with van der Waals surface area (Å²) in [6.45, 7) is 2.97. The number of hydrogen-bond acceptors (Lipinski definition) is 3. The lowest BCUT2D eigenvalue weighted by Gasteiger charge is -2.15. The zero-order chi connectivity index (χ0) is 11.8. The second-order valence-electron chi connectivity index (χ2n) is 4.60. The molecule has 0 saturated heterocycles. The Bertz CT molecular complexity index is 205. The average Bonchev–Trinajstić information content (AvgIpc) is 2.75. The molecular formula is C12H24N2OS. The summed E-state index contributed by atoms with van der Waals surface area (Å²) in [5.74, 6) is 2.68. The van der Waals surface area contributed by atoms with Crippen molar-refractivity contribution in [1.29, 1.82) is 0 Å². The van der Waals surface area contributed by atoms with Crippen LogP contribution in [0.25, 0.3) is 0 Å². The lowest BCUT2D eigenvalue weighted by atomic mass is 10.1. The summed E-state index contributed by atoms with van der Waals surface area (Å²) in [5.41, 5.74) is 5.36. The predicted molar refractivity (Wildman–Crippen MR) is 70.6 cm³/mol. The van der Waals surface area contributed by atoms with Crippen molar-refractivity contribution < 1.29 is 4.79 Å². The molecule has 94 valence electrons. The van der Waals surface area contributed by atoms with Crippen molar-refractivity contribution in [2.24, 2.45) is 11.7 Å². The number of primary amides is 1. The van der Waals surface area contributed by atoms with Crippen LogP contribution in [0.5, 0.6) is 0 Å². The van der Waals surface area contributed by atoms with E-state index in [0.717, 1.165) is 24.6 Å². The molecule has 0 aliphatic heterocycles. The molecule has 0 spiro atoms. The zero-order valence-corrected chi connectivity index (χ0v) is 11.0. The van der Waals surface area contributed by atoms with Crippen LogP contribution in [-0.2, 0) is 4.79 Å². The Labute approximate surface area is 103 Å². The first-order chi connectivity index (χ1) is 7.74. The molecule has 1 fully saturated rings. The highest BCUT2D eigenvalue weighted by molar-refractivity contribution is 7.99. The summed E-state index contributed by atoms with van der Waals surface area (Å²) in [6.07, 6.45) is 6.56. The fraction of sp³-hybridized carbons (Fsp3) is 0.917. The van der Waals surface area contributed by atoms with Gasteiger partial charge in [-0.3, -0.25) is 4.79 Å². The van der Waals surface area contributed by atoms with E-state index in [0.29, 0.717) is 0 Å². The number of amides is 1. The zero-order valence-electron chi connectivity index (χ0n) is 10.2. The molecule has 0 radical (unpaired) electrons. The molecule has 1 atom stereocenters. The van der Waals surface area contributed by atoms with Gasteiger partial charge < -0.3 is 11.1 Å². The lowest BCUT2D eigenvalue weighted by molar-refractivity contribution is -0.119. The van der Waals surface area contributed by atoms with Gasteiger partial charge in [0.2, 0.25) is 5.91 Å². The van der Waals surface area contributed by atoms with E-state index < -0.39 is 0 Å². The average molecular weight is 244 g/mol. The normalized spacial score (nSPS) is 18.8. The smallest absolute Gasteiger partial charge is 0.235 e. The van der Waals surface area contributed by atoms with Gasteiger partial charge in [-0.15, -0.1) is 0 Å². The van der Waals surface area contributed by atoms with Crippen molar-refractivity contribution >= 4 is 17.7 Å². The highest BCUT2D eigenvalue weighted by Gasteiger charge is 2.18. The number of thioether (sulfide) groups is 1. The highest BCUT2D eigenvalue weighted by Crippen LogP contribution is 2.27. The molecule has 1 aliphatic rings. The van der Waals surface area contributed by atoms with Crippen molar-refractivity contribution in [1.82, 2.24) is 5.32 Å². The maximum Gasteiger partial charge on any atom is 0.235 e. The summed E-state index contributed by atoms with van der Waals surface area (Å²) < 4.78 is 0. The van der Waals surface area contributed by atoms with Crippen LogP contribution in [-0.4, -0.2) is 30.0 Å². The summed E-state index contributed by atoms with van der Waals surface area (Å²) in [4.78, 5) is 11.2. The molecule has 0 aromatic heterocycles. The number of carbonyl (C=O) groups excluding carboxylic acids is 1. The van der Waals surface area contributed by atoms with Crippen LogP contribution < -0.4 is 11.1 Å². The Morgan fingerprint density at radius 3 is 2.75 bits per heavy atom. The molecule has 1 amide bonds. The molecule has 0 aromatic carbocycles. The van der Waals surface area contributed by atoms with Crippen molar-refractivity contribution in [2.75, 3.05) is 18.1 Å². The second-order valence-corrected chi connectivity index (χ2v) is 5.67. The standard InChI is InChI=1S/C12H24N2OS/c1-2-7-14-11(12(13)15)9-16-8-10-5-3-4-6-10/h10-11,14H,2-9H2,1H3,(H2,13,15). The third-order valence-electron chi connectivity index (χ3n) is 3.10. The van der Waals surface area contributed by atoms with E-state index >= 15 is 0 Å². The summed E-state index contributed by atoms with van der Waals surface area (Å²) in [6, 6.07) is -0.147. The Hall–Kier alpha value is -0.220. The first kappa shape index (κ1) is 13.8. The second kappa shape index (κ2) is 7.96. The lowest BCUT2D eigenvalue weighted by Crippen LogP contribution is -2.43. The van der Waals surface area contributed by atoms with Crippen LogP contribution in [0.2, 0.25) is 0 Å². The third kappa shape index (κ3) is 5.21. The number of carbonyl (C=O) groups is 1. The fourth-order valence-corrected chi connectivity index (χ4v) is 3.41. The van der Waals surface area contributed by atoms with E-state index in [2.05, 4.69) is 12.2 Å². The summed E-state index contributed by atoms with van der Waals surface area (Å²) in [5, 5.41) is 3.20. The predicted octanol–water partition coefficient (Wildman–Crippen LogP) is 1.76. The largest absolute Gasteiger partial charge is 0.368 e. The van der Waals surface area contributed by atoms with Gasteiger partial charge in [0.25, 0.3) is 0 Å². The molecule has 1 rings (SSSR count). The van der Waals surface area contributed by atoms with E-state index in [1.807, 2.05) is 11.8 Å². The minimum absolute atomic E-state index is 0.147. The Kier molecular flexibility index (Phi) is 6.88. The van der Waals surface area contributed by atoms with Crippen molar-refractivity contribution in [3.63, 3.8) is 0 Å². The van der Waals surface area contributed by atoms with Gasteiger partial charge in [0.1, 0.15) is 0 Å². The molecule has 0 aromatic rings. The molecule has 16 heavy (non-hydrogen) atoms. The molecule has 1 aliphatic carbocycles. The molecule has 3 nitrogen and oxygen atoms in total. The quantitative estimate of drug-likeness (QED) is 0.684. The van der Waals surface area contributed by atoms with Crippen molar-refractivity contribution in [3.05, 3.63) is 0 Å². The van der Waals surface area contributed by atoms with Gasteiger partial charge in [0.15, 0.2) is 0 Å². The summed E-state index contributed by atoms with van der Waals surface area (Å²) >= 11 is 1.87. The van der Waals surface area contributed by atoms with Crippen LogP contribution in [0.15, 0.2) is 0 Å². The van der Waals surface area contributed by atoms with E-state index in [1.165, 1.54) is 31.4 Å². The van der Waals surface area contributed by atoms with E-state index in [1.54, 1.807) is 0 Å². The highest BCUT2D eigenvalue weighted by atomic mass is 32.2. The molecule has 4 heteroatoms. The van der Waals surface area contributed by atoms with Crippen LogP contribution in [0.3, 0.4) is 0 Å². The third-order valence-corrected chi connectivity index (χ3v) is 4.37. The van der Waals surface area contributed by atoms with Gasteiger partial charge in [-0.25, -0.2) is 0 Å². The Balaban J connectivity index is 2.13. The summed E-state index contributed by atoms with van der Waals surface area (Å²) in [7, 11) is 0. The van der Waals surface area contributed by atoms with Crippen LogP contribution in [0, 0.1) is 5.92 Å². The number of nitrogens with two attached hydrogens (primary N) is 1.